The smallest absolute Gasteiger partial charge is 0.244 e. The number of ether oxygens (including phenoxy) is 1. The van der Waals surface area contributed by atoms with Gasteiger partial charge < -0.3 is 14.5 Å². The number of rotatable bonds is 10. The average Bonchev–Trinajstić information content (AvgIpc) is 2.84. The number of aryl methyl sites for hydroxylation is 1. The van der Waals surface area contributed by atoms with Gasteiger partial charge in [-0.05, 0) is 68.1 Å². The maximum Gasteiger partial charge on any atom is 0.244 e. The summed E-state index contributed by atoms with van der Waals surface area (Å²) in [7, 11) is 0. The number of carbonyl (C=O) groups excluding carboxylic acids is 2. The summed E-state index contributed by atoms with van der Waals surface area (Å²) in [6.45, 7) is 4.91. The van der Waals surface area contributed by atoms with Gasteiger partial charge >= 0.3 is 0 Å². The molecule has 2 aromatic carbocycles. The van der Waals surface area contributed by atoms with E-state index in [1.165, 1.54) is 12.1 Å². The van der Waals surface area contributed by atoms with Crippen molar-refractivity contribution in [3.05, 3.63) is 59.9 Å². The van der Waals surface area contributed by atoms with E-state index in [-0.39, 0.29) is 18.1 Å². The van der Waals surface area contributed by atoms with Crippen molar-refractivity contribution in [2.45, 2.75) is 32.6 Å². The Bertz CT molecular complexity index is 897. The zero-order valence-corrected chi connectivity index (χ0v) is 19.0. The van der Waals surface area contributed by atoms with Gasteiger partial charge in [-0.3, -0.25) is 14.8 Å². The van der Waals surface area contributed by atoms with E-state index >= 15 is 0 Å². The number of amides is 2. The largest absolute Gasteiger partial charge is 0.494 e. The fourth-order valence-corrected chi connectivity index (χ4v) is 4.15. The van der Waals surface area contributed by atoms with Gasteiger partial charge in [-0.25, -0.2) is 9.87 Å². The third-order valence-electron chi connectivity index (χ3n) is 5.94. The van der Waals surface area contributed by atoms with Crippen molar-refractivity contribution in [3.8, 4) is 5.75 Å². The van der Waals surface area contributed by atoms with E-state index in [9.17, 15) is 14.0 Å². The van der Waals surface area contributed by atoms with Gasteiger partial charge in [0.1, 0.15) is 11.6 Å². The highest BCUT2D eigenvalue weighted by molar-refractivity contribution is 5.85. The fourth-order valence-electron chi connectivity index (χ4n) is 4.15. The van der Waals surface area contributed by atoms with Crippen LogP contribution < -0.4 is 15.1 Å². The number of carbonyl (C=O) groups is 2. The highest BCUT2D eigenvalue weighted by Crippen LogP contribution is 2.22. The van der Waals surface area contributed by atoms with Gasteiger partial charge in [-0.1, -0.05) is 12.1 Å². The molecular formula is C25H32FN3O4. The third kappa shape index (κ3) is 7.18. The second-order valence-electron chi connectivity index (χ2n) is 8.19. The number of nitrogens with zero attached hydrogens (tertiary/aromatic N) is 2. The number of nitrogens with one attached hydrogen (secondary N) is 1. The lowest BCUT2D eigenvalue weighted by Crippen LogP contribution is -2.50. The summed E-state index contributed by atoms with van der Waals surface area (Å²) in [5, 5.41) is 8.96. The van der Waals surface area contributed by atoms with Crippen LogP contribution >= 0.6 is 0 Å². The third-order valence-corrected chi connectivity index (χ3v) is 5.94. The molecule has 1 aliphatic rings. The Morgan fingerprint density at radius 1 is 1.06 bits per heavy atom. The van der Waals surface area contributed by atoms with Crippen LogP contribution in [-0.2, 0) is 16.0 Å². The lowest BCUT2D eigenvalue weighted by Gasteiger charge is -2.37. The molecule has 33 heavy (non-hydrogen) atoms. The molecule has 1 aliphatic heterocycles. The van der Waals surface area contributed by atoms with Gasteiger partial charge in [0.2, 0.25) is 11.8 Å². The molecule has 178 valence electrons. The summed E-state index contributed by atoms with van der Waals surface area (Å²) in [5.41, 5.74) is 3.72. The van der Waals surface area contributed by atoms with Gasteiger partial charge in [0.05, 0.1) is 6.61 Å². The summed E-state index contributed by atoms with van der Waals surface area (Å²) in [6.07, 6.45) is 2.04. The van der Waals surface area contributed by atoms with Gasteiger partial charge in [-0.15, -0.1) is 0 Å². The topological polar surface area (TPSA) is 82.1 Å². The first-order valence-electron chi connectivity index (χ1n) is 11.4. The van der Waals surface area contributed by atoms with Crippen LogP contribution in [0.3, 0.4) is 0 Å². The molecule has 0 saturated carbocycles. The molecule has 2 aromatic rings. The van der Waals surface area contributed by atoms with E-state index in [4.69, 9.17) is 9.94 Å². The lowest BCUT2D eigenvalue weighted by molar-refractivity contribution is -0.141. The van der Waals surface area contributed by atoms with Crippen molar-refractivity contribution >= 4 is 17.5 Å². The minimum Gasteiger partial charge on any atom is -0.494 e. The maximum atomic E-state index is 13.2. The fraction of sp³-hybridized carbons (Fsp3) is 0.440. The molecule has 0 spiro atoms. The Labute approximate surface area is 194 Å². The number of benzene rings is 2. The molecular weight excluding hydrogens is 425 g/mol. The van der Waals surface area contributed by atoms with Crippen LogP contribution in [0, 0.1) is 11.7 Å². The summed E-state index contributed by atoms with van der Waals surface area (Å²) in [5.74, 6) is -0.558. The quantitative estimate of drug-likeness (QED) is 0.422. The molecule has 0 bridgehead atoms. The normalized spacial score (nSPS) is 14.6. The minimum atomic E-state index is -0.556. The molecule has 2 amide bonds. The summed E-state index contributed by atoms with van der Waals surface area (Å²) >= 11 is 0. The van der Waals surface area contributed by atoms with E-state index in [0.29, 0.717) is 39.2 Å². The predicted molar refractivity (Wildman–Crippen MR) is 124 cm³/mol. The maximum absolute atomic E-state index is 13.2. The minimum absolute atomic E-state index is 0.0449. The van der Waals surface area contributed by atoms with Crippen LogP contribution in [0.15, 0.2) is 48.5 Å². The number of hydrogen-bond acceptors (Lipinski definition) is 5. The van der Waals surface area contributed by atoms with Gasteiger partial charge in [-0.2, -0.15) is 0 Å². The predicted octanol–water partition coefficient (Wildman–Crippen LogP) is 3.41. The van der Waals surface area contributed by atoms with Crippen LogP contribution in [0.2, 0.25) is 0 Å². The van der Waals surface area contributed by atoms with Crippen molar-refractivity contribution in [2.75, 3.05) is 37.7 Å². The monoisotopic (exact) mass is 457 g/mol. The van der Waals surface area contributed by atoms with Crippen LogP contribution in [0.25, 0.3) is 0 Å². The Balaban J connectivity index is 1.54. The van der Waals surface area contributed by atoms with Crippen LogP contribution in [0.5, 0.6) is 5.75 Å². The first-order valence-corrected chi connectivity index (χ1v) is 11.4. The summed E-state index contributed by atoms with van der Waals surface area (Å²) < 4.78 is 18.6. The molecule has 0 aromatic heterocycles. The van der Waals surface area contributed by atoms with E-state index in [1.807, 2.05) is 31.2 Å². The molecule has 3 rings (SSSR count). The van der Waals surface area contributed by atoms with E-state index < -0.39 is 11.8 Å². The highest BCUT2D eigenvalue weighted by Gasteiger charge is 2.29. The van der Waals surface area contributed by atoms with Crippen LogP contribution in [0.4, 0.5) is 10.1 Å². The molecule has 2 N–H and O–H groups in total. The molecule has 1 unspecified atom stereocenters. The highest BCUT2D eigenvalue weighted by atomic mass is 19.1. The van der Waals surface area contributed by atoms with Gasteiger partial charge in [0.25, 0.3) is 0 Å². The van der Waals surface area contributed by atoms with Crippen LogP contribution in [-0.4, -0.2) is 54.7 Å². The Hall–Kier alpha value is -3.13. The zero-order chi connectivity index (χ0) is 23.6. The van der Waals surface area contributed by atoms with E-state index in [0.717, 1.165) is 29.8 Å². The number of piperazine rings is 1. The molecule has 0 radical (unpaired) electrons. The first kappa shape index (κ1) is 24.5. The van der Waals surface area contributed by atoms with E-state index in [2.05, 4.69) is 4.90 Å². The Morgan fingerprint density at radius 2 is 1.73 bits per heavy atom. The SMILES string of the molecule is CCOc1ccc(CCCC(CC(=O)NO)C(=O)N2CCN(c3ccc(F)cc3)CC2)cc1. The molecule has 7 nitrogen and oxygen atoms in total. The number of halogens is 1. The zero-order valence-electron chi connectivity index (χ0n) is 19.0. The summed E-state index contributed by atoms with van der Waals surface area (Å²) in [6, 6.07) is 14.2. The molecule has 1 heterocycles. The van der Waals surface area contributed by atoms with Gasteiger partial charge in [0.15, 0.2) is 0 Å². The van der Waals surface area contributed by atoms with E-state index in [1.54, 1.807) is 22.5 Å². The Morgan fingerprint density at radius 3 is 2.33 bits per heavy atom. The number of hydrogen-bond donors (Lipinski definition) is 2. The first-order chi connectivity index (χ1) is 16.0. The second kappa shape index (κ2) is 12.2. The molecule has 1 fully saturated rings. The number of anilines is 1. The number of hydroxylamine groups is 1. The molecule has 1 atom stereocenters. The second-order valence-corrected chi connectivity index (χ2v) is 8.19. The standard InChI is InChI=1S/C25H32FN3O4/c1-2-33-23-12-6-19(7-13-23)4-3-5-20(18-24(30)27-32)25(31)29-16-14-28(15-17-29)22-10-8-21(26)9-11-22/h6-13,20,32H,2-5,14-18H2,1H3,(H,27,30). The molecule has 1 saturated heterocycles. The summed E-state index contributed by atoms with van der Waals surface area (Å²) in [4.78, 5) is 28.9. The van der Waals surface area contributed by atoms with Crippen LogP contribution in [0.1, 0.15) is 31.7 Å². The molecule has 0 aliphatic carbocycles. The van der Waals surface area contributed by atoms with Crippen molar-refractivity contribution in [2.24, 2.45) is 5.92 Å². The average molecular weight is 458 g/mol. The molecule has 8 heteroatoms. The lowest BCUT2D eigenvalue weighted by atomic mass is 9.94. The van der Waals surface area contributed by atoms with Crippen molar-refractivity contribution < 1.29 is 23.9 Å². The van der Waals surface area contributed by atoms with Gasteiger partial charge in [0, 0.05) is 44.2 Å². The van der Waals surface area contributed by atoms with Crippen molar-refractivity contribution in [3.63, 3.8) is 0 Å². The van der Waals surface area contributed by atoms with Crippen molar-refractivity contribution in [1.82, 2.24) is 10.4 Å². The Kier molecular flexibility index (Phi) is 9.06. The van der Waals surface area contributed by atoms with Crippen molar-refractivity contribution in [1.29, 1.82) is 0 Å².